The van der Waals surface area contributed by atoms with Gasteiger partial charge in [-0.15, -0.1) is 0 Å². The van der Waals surface area contributed by atoms with Crippen molar-refractivity contribution in [3.63, 3.8) is 0 Å². The molecule has 0 radical (unpaired) electrons. The summed E-state index contributed by atoms with van der Waals surface area (Å²) in [5.74, 6) is -2.99. The molecule has 0 unspecified atom stereocenters. The number of hydrogen-bond donors (Lipinski definition) is 6. The Morgan fingerprint density at radius 1 is 0.978 bits per heavy atom. The summed E-state index contributed by atoms with van der Waals surface area (Å²) in [6, 6.07) is 4.28. The van der Waals surface area contributed by atoms with Crippen molar-refractivity contribution in [2.24, 2.45) is 5.41 Å². The summed E-state index contributed by atoms with van der Waals surface area (Å²) in [6.45, 7) is 8.15. The number of rotatable bonds is 17. The van der Waals surface area contributed by atoms with Crippen LogP contribution in [0.3, 0.4) is 0 Å². The third-order valence-corrected chi connectivity index (χ3v) is 8.23. The van der Waals surface area contributed by atoms with Crippen LogP contribution < -0.4 is 15.4 Å². The second kappa shape index (κ2) is 17.4. The lowest BCUT2D eigenvalue weighted by atomic mass is 9.97. The van der Waals surface area contributed by atoms with E-state index in [1.807, 2.05) is 0 Å². The molecule has 0 bridgehead atoms. The smallest absolute Gasteiger partial charge is 0.335 e. The number of anilines is 1. The topological polar surface area (TPSA) is 235 Å². The number of carbonyl (C=O) groups excluding carboxylic acids is 3. The lowest BCUT2D eigenvalue weighted by molar-refractivity contribution is -0.271. The van der Waals surface area contributed by atoms with Gasteiger partial charge < -0.3 is 45.3 Å². The van der Waals surface area contributed by atoms with Crippen molar-refractivity contribution in [1.82, 2.24) is 5.32 Å². The van der Waals surface area contributed by atoms with Gasteiger partial charge in [0.05, 0.1) is 16.9 Å². The zero-order valence-electron chi connectivity index (χ0n) is 26.1. The van der Waals surface area contributed by atoms with Crippen LogP contribution in [0.1, 0.15) is 64.9 Å². The molecule has 6 N–H and O–H groups in total. The van der Waals surface area contributed by atoms with E-state index in [-0.39, 0.29) is 49.1 Å². The molecule has 0 aromatic heterocycles. The molecule has 0 aliphatic carbocycles. The molecule has 1 heterocycles. The molecular weight excluding hydrogens is 628 g/mol. The molecule has 2 rings (SSSR count). The molecule has 1 fully saturated rings. The SMILES string of the molecule is C=CS(=O)(=O)CCCCCCC(=O)NCCC(=O)Nc1cc(COC(=O)C(C)(C)C)ccc1O[C@@H]1O[C@H](C(=O)O)[C@@H](O)[C@H](O)[C@H]1O. The molecule has 15 nitrogen and oxygen atoms in total. The van der Waals surface area contributed by atoms with E-state index in [2.05, 4.69) is 17.2 Å². The monoisotopic (exact) mass is 672 g/mol. The van der Waals surface area contributed by atoms with E-state index in [9.17, 15) is 48.0 Å². The minimum Gasteiger partial charge on any atom is -0.479 e. The Balaban J connectivity index is 2.02. The predicted octanol–water partition coefficient (Wildman–Crippen LogP) is 1.00. The number of esters is 1. The lowest BCUT2D eigenvalue weighted by Crippen LogP contribution is -2.61. The van der Waals surface area contributed by atoms with Crippen molar-refractivity contribution >= 4 is 39.3 Å². The molecule has 1 aromatic rings. The number of ether oxygens (including phenoxy) is 3. The molecule has 1 aromatic carbocycles. The van der Waals surface area contributed by atoms with E-state index in [0.29, 0.717) is 31.2 Å². The van der Waals surface area contributed by atoms with E-state index < -0.39 is 63.8 Å². The first-order chi connectivity index (χ1) is 21.4. The van der Waals surface area contributed by atoms with Crippen LogP contribution in [0.15, 0.2) is 30.2 Å². The summed E-state index contributed by atoms with van der Waals surface area (Å²) in [6.07, 6.45) is -6.98. The maximum Gasteiger partial charge on any atom is 0.335 e. The summed E-state index contributed by atoms with van der Waals surface area (Å²) in [5, 5.41) is 45.9. The van der Waals surface area contributed by atoms with Gasteiger partial charge in [-0.2, -0.15) is 0 Å². The van der Waals surface area contributed by atoms with Crippen molar-refractivity contribution in [2.45, 2.75) is 96.6 Å². The van der Waals surface area contributed by atoms with E-state index in [1.165, 1.54) is 18.2 Å². The molecule has 258 valence electrons. The number of amides is 2. The normalized spacial score (nSPS) is 21.6. The van der Waals surface area contributed by atoms with Gasteiger partial charge in [-0.1, -0.05) is 25.5 Å². The fourth-order valence-electron chi connectivity index (χ4n) is 4.15. The first-order valence-electron chi connectivity index (χ1n) is 14.8. The summed E-state index contributed by atoms with van der Waals surface area (Å²) >= 11 is 0. The number of carboxylic acid groups (broad SMARTS) is 1. The fourth-order valence-corrected chi connectivity index (χ4v) is 4.92. The van der Waals surface area contributed by atoms with Gasteiger partial charge in [0.1, 0.15) is 30.7 Å². The summed E-state index contributed by atoms with van der Waals surface area (Å²) in [7, 11) is -3.24. The summed E-state index contributed by atoms with van der Waals surface area (Å²) < 4.78 is 39.0. The molecule has 46 heavy (non-hydrogen) atoms. The highest BCUT2D eigenvalue weighted by atomic mass is 32.2. The molecule has 5 atom stereocenters. The standard InChI is InChI=1S/C30H44N2O13S/c1-5-46(41,42)15-9-7-6-8-10-21(33)31-14-13-22(34)32-19-16-18(17-43-29(40)30(2,3)4)11-12-20(19)44-28-25(37)23(35)24(36)26(45-28)27(38)39/h5,11-12,16,23-26,28,35-37H,1,6-10,13-15,17H2,2-4H3,(H,31,33)(H,32,34)(H,38,39)/t23-,24-,25+,26-,28+/m0/s1. The van der Waals surface area contributed by atoms with E-state index in [1.54, 1.807) is 20.8 Å². The second-order valence-electron chi connectivity index (χ2n) is 11.9. The van der Waals surface area contributed by atoms with Crippen LogP contribution in [0.25, 0.3) is 0 Å². The van der Waals surface area contributed by atoms with Gasteiger partial charge in [0, 0.05) is 24.8 Å². The predicted molar refractivity (Wildman–Crippen MR) is 164 cm³/mol. The number of aliphatic hydroxyl groups is 3. The second-order valence-corrected chi connectivity index (χ2v) is 13.9. The Bertz CT molecular complexity index is 1340. The highest BCUT2D eigenvalue weighted by molar-refractivity contribution is 7.94. The van der Waals surface area contributed by atoms with Crippen LogP contribution in [0.2, 0.25) is 0 Å². The van der Waals surface area contributed by atoms with Gasteiger partial charge in [-0.3, -0.25) is 14.4 Å². The molecular formula is C30H44N2O13S. The number of benzene rings is 1. The molecule has 0 spiro atoms. The highest BCUT2D eigenvalue weighted by Gasteiger charge is 2.48. The lowest BCUT2D eigenvalue weighted by Gasteiger charge is -2.38. The highest BCUT2D eigenvalue weighted by Crippen LogP contribution is 2.31. The third kappa shape index (κ3) is 12.3. The zero-order valence-corrected chi connectivity index (χ0v) is 27.0. The van der Waals surface area contributed by atoms with Crippen LogP contribution in [0, 0.1) is 5.41 Å². The largest absolute Gasteiger partial charge is 0.479 e. The van der Waals surface area contributed by atoms with Crippen molar-refractivity contribution in [3.05, 3.63) is 35.7 Å². The Kier molecular flexibility index (Phi) is 14.6. The van der Waals surface area contributed by atoms with Crippen LogP contribution in [0.5, 0.6) is 5.75 Å². The summed E-state index contributed by atoms with van der Waals surface area (Å²) in [4.78, 5) is 48.7. The van der Waals surface area contributed by atoms with Gasteiger partial charge in [0.25, 0.3) is 0 Å². The van der Waals surface area contributed by atoms with Crippen LogP contribution >= 0.6 is 0 Å². The number of sulfone groups is 1. The Hall–Kier alpha value is -3.57. The van der Waals surface area contributed by atoms with Gasteiger partial charge in [-0.05, 0) is 51.3 Å². The van der Waals surface area contributed by atoms with E-state index >= 15 is 0 Å². The molecule has 1 saturated heterocycles. The zero-order chi connectivity index (χ0) is 34.7. The van der Waals surface area contributed by atoms with Gasteiger partial charge in [0.2, 0.25) is 18.1 Å². The van der Waals surface area contributed by atoms with Crippen molar-refractivity contribution in [3.8, 4) is 5.75 Å². The van der Waals surface area contributed by atoms with Crippen LogP contribution in [0.4, 0.5) is 5.69 Å². The van der Waals surface area contributed by atoms with Gasteiger partial charge in [-0.25, -0.2) is 13.2 Å². The molecule has 0 saturated carbocycles. The van der Waals surface area contributed by atoms with Crippen molar-refractivity contribution in [2.75, 3.05) is 17.6 Å². The first-order valence-corrected chi connectivity index (χ1v) is 16.5. The first kappa shape index (κ1) is 38.6. The fraction of sp³-hybridized carbons (Fsp3) is 0.600. The van der Waals surface area contributed by atoms with Gasteiger partial charge >= 0.3 is 11.9 Å². The van der Waals surface area contributed by atoms with Crippen LogP contribution in [-0.2, 0) is 45.1 Å². The number of aliphatic hydroxyl groups excluding tert-OH is 3. The molecule has 1 aliphatic heterocycles. The van der Waals surface area contributed by atoms with Crippen LogP contribution in [-0.4, -0.2) is 95.6 Å². The third-order valence-electron chi connectivity index (χ3n) is 6.87. The number of unbranched alkanes of at least 4 members (excludes halogenated alkanes) is 3. The summed E-state index contributed by atoms with van der Waals surface area (Å²) in [5.41, 5.74) is -0.290. The number of carboxylic acids is 1. The Morgan fingerprint density at radius 3 is 2.28 bits per heavy atom. The quantitative estimate of drug-likeness (QED) is 0.100. The van der Waals surface area contributed by atoms with Crippen molar-refractivity contribution < 1.29 is 62.2 Å². The maximum atomic E-state index is 12.8. The molecule has 16 heteroatoms. The Morgan fingerprint density at radius 2 is 1.65 bits per heavy atom. The number of carbonyl (C=O) groups is 4. The number of aliphatic carboxylic acids is 1. The maximum absolute atomic E-state index is 12.8. The van der Waals surface area contributed by atoms with Crippen molar-refractivity contribution in [1.29, 1.82) is 0 Å². The Labute approximate surface area is 267 Å². The van der Waals surface area contributed by atoms with Gasteiger partial charge in [0.15, 0.2) is 15.9 Å². The van der Waals surface area contributed by atoms with E-state index in [0.717, 1.165) is 5.41 Å². The number of nitrogens with one attached hydrogen (secondary N) is 2. The van der Waals surface area contributed by atoms with E-state index in [4.69, 9.17) is 14.2 Å². The molecule has 1 aliphatic rings. The minimum atomic E-state index is -3.24. The average molecular weight is 673 g/mol. The molecule has 2 amide bonds. The number of hydrogen-bond acceptors (Lipinski definition) is 12. The minimum absolute atomic E-state index is 0.00383. The average Bonchev–Trinajstić information content (AvgIpc) is 2.98.